The van der Waals surface area contributed by atoms with Crippen molar-refractivity contribution in [2.45, 2.75) is 31.5 Å². The lowest BCUT2D eigenvalue weighted by Gasteiger charge is -2.19. The fourth-order valence-electron chi connectivity index (χ4n) is 2.36. The van der Waals surface area contributed by atoms with Gasteiger partial charge in [-0.2, -0.15) is 12.8 Å². The molecule has 0 heterocycles. The zero-order valence-corrected chi connectivity index (χ0v) is 16.3. The molecular formula is C19H23NO2SSi. The molecule has 2 rings (SSSR count). The van der Waals surface area contributed by atoms with E-state index in [1.165, 1.54) is 11.4 Å². The van der Waals surface area contributed by atoms with Crippen LogP contribution in [0, 0.1) is 6.92 Å². The predicted molar refractivity (Wildman–Crippen MR) is 105 cm³/mol. The zero-order chi connectivity index (χ0) is 17.8. The van der Waals surface area contributed by atoms with E-state index in [9.17, 15) is 8.42 Å². The summed E-state index contributed by atoms with van der Waals surface area (Å²) < 4.78 is 28.0. The fourth-order valence-corrected chi connectivity index (χ4v) is 4.82. The van der Waals surface area contributed by atoms with Gasteiger partial charge in [0.25, 0.3) is 10.0 Å². The SMILES string of the molecule is Cc1ccc(S(=O)(=O)/N=C/C=C/c2ccccc2[Si](C)(C)C)cc1. The second kappa shape index (κ2) is 7.28. The molecule has 126 valence electrons. The highest BCUT2D eigenvalue weighted by Crippen LogP contribution is 2.13. The van der Waals surface area contributed by atoms with Crippen LogP contribution in [0.2, 0.25) is 19.6 Å². The Bertz CT molecular complexity index is 861. The summed E-state index contributed by atoms with van der Waals surface area (Å²) in [6, 6.07) is 14.9. The van der Waals surface area contributed by atoms with Crippen molar-refractivity contribution in [2.75, 3.05) is 0 Å². The summed E-state index contributed by atoms with van der Waals surface area (Å²) in [5.74, 6) is 0. The van der Waals surface area contributed by atoms with E-state index in [0.717, 1.165) is 11.1 Å². The van der Waals surface area contributed by atoms with Gasteiger partial charge in [-0.15, -0.1) is 0 Å². The number of benzene rings is 2. The molecule has 0 bridgehead atoms. The van der Waals surface area contributed by atoms with E-state index in [2.05, 4.69) is 30.1 Å². The Balaban J connectivity index is 2.20. The average Bonchev–Trinajstić information content (AvgIpc) is 2.51. The van der Waals surface area contributed by atoms with E-state index in [1.54, 1.807) is 30.3 Å². The second-order valence-corrected chi connectivity index (χ2v) is 13.4. The van der Waals surface area contributed by atoms with Crippen molar-refractivity contribution in [1.29, 1.82) is 0 Å². The minimum absolute atomic E-state index is 0.209. The van der Waals surface area contributed by atoms with E-state index in [4.69, 9.17) is 0 Å². The summed E-state index contributed by atoms with van der Waals surface area (Å²) in [7, 11) is -5.09. The van der Waals surface area contributed by atoms with E-state index in [0.29, 0.717) is 0 Å². The van der Waals surface area contributed by atoms with Crippen molar-refractivity contribution < 1.29 is 8.42 Å². The van der Waals surface area contributed by atoms with Gasteiger partial charge < -0.3 is 0 Å². The van der Waals surface area contributed by atoms with Crippen LogP contribution >= 0.6 is 0 Å². The Morgan fingerprint density at radius 3 is 2.21 bits per heavy atom. The van der Waals surface area contributed by atoms with Crippen LogP contribution in [-0.4, -0.2) is 22.7 Å². The molecule has 24 heavy (non-hydrogen) atoms. The third kappa shape index (κ3) is 4.76. The Hall–Kier alpha value is -1.98. The Kier molecular flexibility index (Phi) is 5.57. The summed E-state index contributed by atoms with van der Waals surface area (Å²) in [6.07, 6.45) is 4.95. The molecule has 0 saturated heterocycles. The van der Waals surface area contributed by atoms with Crippen LogP contribution in [-0.2, 0) is 10.0 Å². The molecule has 5 heteroatoms. The average molecular weight is 358 g/mol. The third-order valence-corrected chi connectivity index (χ3v) is 6.99. The lowest BCUT2D eigenvalue weighted by atomic mass is 10.2. The van der Waals surface area contributed by atoms with Crippen LogP contribution in [0.3, 0.4) is 0 Å². The van der Waals surface area contributed by atoms with Gasteiger partial charge in [0.15, 0.2) is 0 Å². The molecule has 0 N–H and O–H groups in total. The monoisotopic (exact) mass is 357 g/mol. The van der Waals surface area contributed by atoms with Gasteiger partial charge in [-0.25, -0.2) is 0 Å². The topological polar surface area (TPSA) is 46.5 Å². The molecule has 2 aromatic carbocycles. The van der Waals surface area contributed by atoms with Crippen LogP contribution in [0.5, 0.6) is 0 Å². The van der Waals surface area contributed by atoms with Gasteiger partial charge in [-0.1, -0.05) is 72.9 Å². The lowest BCUT2D eigenvalue weighted by molar-refractivity contribution is 0.598. The van der Waals surface area contributed by atoms with Crippen LogP contribution in [0.4, 0.5) is 0 Å². The maximum atomic E-state index is 12.2. The number of hydrogen-bond acceptors (Lipinski definition) is 2. The molecule has 2 aromatic rings. The molecule has 0 aromatic heterocycles. The smallest absolute Gasteiger partial charge is 0.199 e. The molecule has 0 aliphatic rings. The first-order valence-electron chi connectivity index (χ1n) is 7.83. The normalized spacial score (nSPS) is 13.0. The summed E-state index contributed by atoms with van der Waals surface area (Å²) in [4.78, 5) is 0.209. The highest BCUT2D eigenvalue weighted by atomic mass is 32.2. The first-order chi connectivity index (χ1) is 11.2. The molecule has 0 saturated carbocycles. The molecule has 0 radical (unpaired) electrons. The van der Waals surface area contributed by atoms with Gasteiger partial charge >= 0.3 is 0 Å². The first kappa shape index (κ1) is 18.4. The molecule has 0 fully saturated rings. The molecule has 0 amide bonds. The standard InChI is InChI=1S/C19H23NO2SSi/c1-16-11-13-18(14-12-16)23(21,22)20-15-7-9-17-8-5-6-10-19(17)24(2,3)4/h5-15H,1-4H3/b9-7+,20-15+. The van der Waals surface area contributed by atoms with Crippen molar-refractivity contribution >= 4 is 35.6 Å². The third-order valence-electron chi connectivity index (χ3n) is 3.65. The number of rotatable bonds is 5. The highest BCUT2D eigenvalue weighted by Gasteiger charge is 2.18. The zero-order valence-electron chi connectivity index (χ0n) is 14.5. The van der Waals surface area contributed by atoms with Crippen LogP contribution < -0.4 is 5.19 Å². The molecule has 0 spiro atoms. The Morgan fingerprint density at radius 1 is 0.958 bits per heavy atom. The molecule has 3 nitrogen and oxygen atoms in total. The molecule has 0 atom stereocenters. The van der Waals surface area contributed by atoms with Crippen molar-refractivity contribution in [3.8, 4) is 0 Å². The van der Waals surface area contributed by atoms with E-state index < -0.39 is 18.1 Å². The minimum Gasteiger partial charge on any atom is -0.199 e. The van der Waals surface area contributed by atoms with Gasteiger partial charge in [-0.3, -0.25) is 0 Å². The predicted octanol–water partition coefficient (Wildman–Crippen LogP) is 4.01. The van der Waals surface area contributed by atoms with Gasteiger partial charge in [0.1, 0.15) is 0 Å². The van der Waals surface area contributed by atoms with Gasteiger partial charge in [0, 0.05) is 6.21 Å². The van der Waals surface area contributed by atoms with Crippen LogP contribution in [0.15, 0.2) is 63.9 Å². The molecule has 0 aliphatic heterocycles. The van der Waals surface area contributed by atoms with Crippen LogP contribution in [0.25, 0.3) is 6.08 Å². The van der Waals surface area contributed by atoms with Crippen molar-refractivity contribution in [2.24, 2.45) is 4.40 Å². The van der Waals surface area contributed by atoms with Crippen molar-refractivity contribution in [1.82, 2.24) is 0 Å². The Morgan fingerprint density at radius 2 is 1.58 bits per heavy atom. The maximum Gasteiger partial charge on any atom is 0.282 e. The van der Waals surface area contributed by atoms with Gasteiger partial charge in [-0.05, 0) is 30.7 Å². The molecule has 0 aliphatic carbocycles. The van der Waals surface area contributed by atoms with Crippen molar-refractivity contribution in [3.63, 3.8) is 0 Å². The molecular weight excluding hydrogens is 334 g/mol. The fraction of sp³-hybridized carbons (Fsp3) is 0.211. The summed E-state index contributed by atoms with van der Waals surface area (Å²) in [6.45, 7) is 8.78. The number of aryl methyl sites for hydroxylation is 1. The number of allylic oxidation sites excluding steroid dienone is 1. The number of sulfonamides is 1. The lowest BCUT2D eigenvalue weighted by Crippen LogP contribution is -2.39. The quantitative estimate of drug-likeness (QED) is 0.599. The van der Waals surface area contributed by atoms with E-state index in [-0.39, 0.29) is 4.90 Å². The Labute approximate surface area is 145 Å². The van der Waals surface area contributed by atoms with Gasteiger partial charge in [0.05, 0.1) is 13.0 Å². The first-order valence-corrected chi connectivity index (χ1v) is 12.8. The minimum atomic E-state index is -3.64. The van der Waals surface area contributed by atoms with E-state index >= 15 is 0 Å². The summed E-state index contributed by atoms with van der Waals surface area (Å²) in [5.41, 5.74) is 2.14. The van der Waals surface area contributed by atoms with Crippen molar-refractivity contribution in [3.05, 3.63) is 65.7 Å². The highest BCUT2D eigenvalue weighted by molar-refractivity contribution is 7.90. The van der Waals surface area contributed by atoms with Gasteiger partial charge in [0.2, 0.25) is 0 Å². The van der Waals surface area contributed by atoms with E-state index in [1.807, 2.05) is 31.2 Å². The number of hydrogen-bond donors (Lipinski definition) is 0. The van der Waals surface area contributed by atoms with Crippen LogP contribution in [0.1, 0.15) is 11.1 Å². The molecule has 0 unspecified atom stereocenters. The maximum absolute atomic E-state index is 12.2. The summed E-state index contributed by atoms with van der Waals surface area (Å²) >= 11 is 0. The largest absolute Gasteiger partial charge is 0.282 e. The summed E-state index contributed by atoms with van der Waals surface area (Å²) in [5, 5.41) is 1.34. The second-order valence-electron chi connectivity index (χ2n) is 6.74. The number of nitrogens with zero attached hydrogens (tertiary/aromatic N) is 1.